The van der Waals surface area contributed by atoms with E-state index in [1.54, 1.807) is 18.5 Å². The molecule has 4 N–H and O–H groups in total. The van der Waals surface area contributed by atoms with Crippen LogP contribution in [0.4, 0.5) is 17.5 Å². The largest absolute Gasteiger partial charge is 0.364 e. The van der Waals surface area contributed by atoms with Crippen molar-refractivity contribution >= 4 is 29.3 Å². The van der Waals surface area contributed by atoms with Gasteiger partial charge in [0.2, 0.25) is 5.95 Å². The molecule has 11 nitrogen and oxygen atoms in total. The van der Waals surface area contributed by atoms with E-state index in [9.17, 15) is 9.59 Å². The lowest BCUT2D eigenvalue weighted by molar-refractivity contribution is 0.0931. The smallest absolute Gasteiger partial charge is 0.273 e. The number of nitrogens with one attached hydrogen (secondary N) is 2. The van der Waals surface area contributed by atoms with Gasteiger partial charge in [-0.3, -0.25) is 9.59 Å². The zero-order valence-electron chi connectivity index (χ0n) is 23.3. The minimum absolute atomic E-state index is 0.0191. The maximum absolute atomic E-state index is 13.0. The molecule has 5 rings (SSSR count). The normalized spacial score (nSPS) is 15.3. The van der Waals surface area contributed by atoms with Crippen molar-refractivity contribution in [2.24, 2.45) is 5.73 Å². The Morgan fingerprint density at radius 2 is 1.68 bits per heavy atom. The van der Waals surface area contributed by atoms with E-state index in [1.807, 2.05) is 53.4 Å². The van der Waals surface area contributed by atoms with Crippen LogP contribution < -0.4 is 21.3 Å². The number of hydrogen-bond acceptors (Lipinski definition) is 9. The van der Waals surface area contributed by atoms with Gasteiger partial charge in [-0.1, -0.05) is 32.9 Å². The third-order valence-electron chi connectivity index (χ3n) is 6.93. The third-order valence-corrected chi connectivity index (χ3v) is 6.93. The van der Waals surface area contributed by atoms with Crippen molar-refractivity contribution in [3.05, 3.63) is 83.8 Å². The van der Waals surface area contributed by atoms with Crippen molar-refractivity contribution in [2.75, 3.05) is 23.3 Å². The van der Waals surface area contributed by atoms with E-state index in [0.717, 1.165) is 18.4 Å². The lowest BCUT2D eigenvalue weighted by Crippen LogP contribution is -2.48. The quantitative estimate of drug-likeness (QED) is 0.311. The summed E-state index contributed by atoms with van der Waals surface area (Å²) < 4.78 is 0. The second-order valence-electron chi connectivity index (χ2n) is 11.0. The minimum Gasteiger partial charge on any atom is -0.364 e. The number of nitrogens with zero attached hydrogens (tertiary/aromatic N) is 6. The number of benzene rings is 2. The summed E-state index contributed by atoms with van der Waals surface area (Å²) in [6.07, 6.45) is 5.03. The van der Waals surface area contributed by atoms with Crippen LogP contribution in [0.2, 0.25) is 0 Å². The summed E-state index contributed by atoms with van der Waals surface area (Å²) in [5, 5.41) is 14.5. The van der Waals surface area contributed by atoms with E-state index in [2.05, 4.69) is 56.6 Å². The van der Waals surface area contributed by atoms with Gasteiger partial charge in [-0.25, -0.2) is 9.97 Å². The van der Waals surface area contributed by atoms with Crippen LogP contribution in [0, 0.1) is 0 Å². The van der Waals surface area contributed by atoms with Gasteiger partial charge in [0.1, 0.15) is 0 Å². The molecule has 11 heteroatoms. The van der Waals surface area contributed by atoms with E-state index >= 15 is 0 Å². The third kappa shape index (κ3) is 6.63. The highest BCUT2D eigenvalue weighted by molar-refractivity contribution is 5.96. The van der Waals surface area contributed by atoms with E-state index in [4.69, 9.17) is 5.73 Å². The van der Waals surface area contributed by atoms with Crippen molar-refractivity contribution in [2.45, 2.75) is 45.1 Å². The monoisotopic (exact) mass is 551 g/mol. The molecule has 2 aromatic carbocycles. The van der Waals surface area contributed by atoms with Crippen molar-refractivity contribution in [1.29, 1.82) is 0 Å². The molecule has 3 heterocycles. The fourth-order valence-corrected chi connectivity index (χ4v) is 4.66. The predicted octanol–water partition coefficient (Wildman–Crippen LogP) is 3.87. The highest BCUT2D eigenvalue weighted by Gasteiger charge is 2.26. The van der Waals surface area contributed by atoms with Crippen LogP contribution in [0.5, 0.6) is 0 Å². The van der Waals surface area contributed by atoms with Crippen molar-refractivity contribution in [3.8, 4) is 11.4 Å². The van der Waals surface area contributed by atoms with Crippen LogP contribution >= 0.6 is 0 Å². The predicted molar refractivity (Wildman–Crippen MR) is 157 cm³/mol. The Morgan fingerprint density at radius 1 is 0.976 bits per heavy atom. The van der Waals surface area contributed by atoms with Crippen molar-refractivity contribution in [1.82, 2.24) is 30.5 Å². The average molecular weight is 552 g/mol. The maximum atomic E-state index is 13.0. The highest BCUT2D eigenvalue weighted by atomic mass is 16.2. The molecule has 0 bridgehead atoms. The number of carbonyl (C=O) groups excluding carboxylic acids is 2. The Bertz CT molecular complexity index is 1520. The molecule has 0 spiro atoms. The molecule has 1 fully saturated rings. The van der Waals surface area contributed by atoms with Crippen molar-refractivity contribution in [3.63, 3.8) is 0 Å². The first-order chi connectivity index (χ1) is 19.7. The Morgan fingerprint density at radius 3 is 2.34 bits per heavy atom. The van der Waals surface area contributed by atoms with E-state index < -0.39 is 5.91 Å². The zero-order valence-corrected chi connectivity index (χ0v) is 23.3. The number of hydrogen-bond donors (Lipinski definition) is 3. The molecule has 210 valence electrons. The molecule has 1 saturated heterocycles. The van der Waals surface area contributed by atoms with Crippen LogP contribution in [-0.4, -0.2) is 56.1 Å². The summed E-state index contributed by atoms with van der Waals surface area (Å²) in [5.74, 6) is 0.301. The number of anilines is 3. The number of rotatable bonds is 7. The van der Waals surface area contributed by atoms with E-state index in [0.29, 0.717) is 36.1 Å². The Balaban J connectivity index is 1.29. The van der Waals surface area contributed by atoms with Crippen LogP contribution in [-0.2, 0) is 5.41 Å². The molecule has 0 unspecified atom stereocenters. The van der Waals surface area contributed by atoms with Gasteiger partial charge in [-0.05, 0) is 66.3 Å². The average Bonchev–Trinajstić information content (AvgIpc) is 2.97. The molecule has 41 heavy (non-hydrogen) atoms. The Kier molecular flexibility index (Phi) is 7.86. The van der Waals surface area contributed by atoms with Gasteiger partial charge in [-0.2, -0.15) is 4.98 Å². The van der Waals surface area contributed by atoms with Gasteiger partial charge in [0, 0.05) is 48.3 Å². The fraction of sp³-hybridized carbons (Fsp3) is 0.300. The standard InChI is InChI=1S/C30H33N9O2/c1-30(2,3)21-11-7-20(8-12-21)28(41)35-23-6-4-17-39(18-23)29-36-27(24(25(31)40)37-38-29)34-22-13-9-19(10-14-22)26-32-15-5-16-33-26/h5,7-16,23H,4,6,17-18H2,1-3H3,(H2,31,40)(H,35,41)(H,34,36,38)/t23-/m1/s1. The number of piperidine rings is 1. The van der Waals surface area contributed by atoms with Crippen LogP contribution in [0.25, 0.3) is 11.4 Å². The molecule has 1 atom stereocenters. The van der Waals surface area contributed by atoms with Gasteiger partial charge >= 0.3 is 0 Å². The number of carbonyl (C=O) groups is 2. The summed E-state index contributed by atoms with van der Waals surface area (Å²) in [7, 11) is 0. The van der Waals surface area contributed by atoms with Gasteiger partial charge in [0.25, 0.3) is 11.8 Å². The number of nitrogens with two attached hydrogens (primary N) is 1. The molecule has 2 aromatic heterocycles. The summed E-state index contributed by atoms with van der Waals surface area (Å²) in [6.45, 7) is 7.63. The highest BCUT2D eigenvalue weighted by Crippen LogP contribution is 2.25. The SMILES string of the molecule is CC(C)(C)c1ccc(C(=O)N[C@@H]2CCCN(c3nnc(C(N)=O)c(Nc4ccc(-c5ncccn5)cc4)n3)C2)cc1. The zero-order chi connectivity index (χ0) is 29.0. The topological polar surface area (TPSA) is 152 Å². The Labute approximate surface area is 238 Å². The molecule has 2 amide bonds. The molecule has 0 radical (unpaired) electrons. The first-order valence-corrected chi connectivity index (χ1v) is 13.5. The Hall–Kier alpha value is -4.93. The number of aromatic nitrogens is 5. The lowest BCUT2D eigenvalue weighted by atomic mass is 9.86. The number of primary amides is 1. The van der Waals surface area contributed by atoms with Crippen LogP contribution in [0.1, 0.15) is 60.0 Å². The molecule has 4 aromatic rings. The molecule has 1 aliphatic rings. The van der Waals surface area contributed by atoms with Crippen LogP contribution in [0.3, 0.4) is 0 Å². The summed E-state index contributed by atoms with van der Waals surface area (Å²) in [6, 6.07) is 16.8. The molecular weight excluding hydrogens is 518 g/mol. The molecule has 1 aliphatic heterocycles. The second-order valence-corrected chi connectivity index (χ2v) is 11.0. The van der Waals surface area contributed by atoms with E-state index in [1.165, 1.54) is 5.56 Å². The first-order valence-electron chi connectivity index (χ1n) is 13.5. The summed E-state index contributed by atoms with van der Waals surface area (Å²) >= 11 is 0. The van der Waals surface area contributed by atoms with Gasteiger partial charge in [0.05, 0.1) is 0 Å². The van der Waals surface area contributed by atoms with Gasteiger partial charge in [0.15, 0.2) is 17.3 Å². The first kappa shape index (κ1) is 27.6. The summed E-state index contributed by atoms with van der Waals surface area (Å²) in [4.78, 5) is 40.1. The molecule has 0 saturated carbocycles. The fourth-order valence-electron chi connectivity index (χ4n) is 4.66. The second kappa shape index (κ2) is 11.7. The lowest BCUT2D eigenvalue weighted by Gasteiger charge is -2.33. The van der Waals surface area contributed by atoms with E-state index in [-0.39, 0.29) is 28.9 Å². The maximum Gasteiger partial charge on any atom is 0.273 e. The van der Waals surface area contributed by atoms with Gasteiger partial charge in [-0.15, -0.1) is 10.2 Å². The minimum atomic E-state index is -0.741. The van der Waals surface area contributed by atoms with Crippen LogP contribution in [0.15, 0.2) is 67.0 Å². The molecular formula is C30H33N9O2. The van der Waals surface area contributed by atoms with Crippen molar-refractivity contribution < 1.29 is 9.59 Å². The number of amides is 2. The van der Waals surface area contributed by atoms with Gasteiger partial charge < -0.3 is 21.3 Å². The molecule has 0 aliphatic carbocycles. The summed E-state index contributed by atoms with van der Waals surface area (Å²) in [5.41, 5.74) is 8.84.